The first kappa shape index (κ1) is 32.9. The maximum absolute atomic E-state index is 17.1. The molecule has 3 fully saturated rings. The van der Waals surface area contributed by atoms with Crippen molar-refractivity contribution in [3.05, 3.63) is 47.2 Å². The SMILES string of the molecule is C#Cc1c(F)ccc2cc(O)cc(-c3nc(C#C)c4c(N5C[C@H]6CC[C@@H](C5)N6)nc(OC[C@]5(CC)CN(C)CC[C@@H]5C(F)F)nc4c3F)c12. The van der Waals surface area contributed by atoms with Crippen LogP contribution in [0.2, 0.25) is 0 Å². The summed E-state index contributed by atoms with van der Waals surface area (Å²) in [5.74, 6) is 2.50. The number of phenols is 1. The summed E-state index contributed by atoms with van der Waals surface area (Å²) in [6, 6.07) is 5.43. The van der Waals surface area contributed by atoms with Gasteiger partial charge in [0, 0.05) is 54.0 Å². The summed E-state index contributed by atoms with van der Waals surface area (Å²) in [6.45, 7) is 3.82. The molecule has 3 saturated heterocycles. The molecule has 4 aromatic rings. The van der Waals surface area contributed by atoms with E-state index in [4.69, 9.17) is 22.6 Å². The Hall–Kier alpha value is -4.65. The molecule has 0 spiro atoms. The fraction of sp³-hybridized carbons (Fsp3) is 0.432. The van der Waals surface area contributed by atoms with Gasteiger partial charge in [0.2, 0.25) is 6.43 Å². The van der Waals surface area contributed by atoms with Gasteiger partial charge in [0.1, 0.15) is 34.3 Å². The van der Waals surface area contributed by atoms with E-state index in [1.54, 1.807) is 0 Å². The standard InChI is InChI=1S/C37H36F4N6O2/c1-5-24-27(38)11-8-20-14-23(48)15-25(29(20)24)32-31(39)33-30(28(6-2)43-32)35(47-16-21-9-10-22(17-47)42-21)45-36(44-33)49-19-37(7-3)18-46(4)13-12-26(37)34(40)41/h1-2,8,11,14-15,21-22,26,34,42,48H,7,9-10,12-13,16-19H2,3-4H3/t21-,22+,26-,37+/m1/s1. The molecule has 2 aromatic heterocycles. The Kier molecular flexibility index (Phi) is 8.50. The van der Waals surface area contributed by atoms with Crippen molar-refractivity contribution >= 4 is 27.5 Å². The van der Waals surface area contributed by atoms with Crippen LogP contribution in [-0.4, -0.2) is 83.3 Å². The zero-order valence-corrected chi connectivity index (χ0v) is 27.2. The third-order valence-corrected chi connectivity index (χ3v) is 10.5. The summed E-state index contributed by atoms with van der Waals surface area (Å²) in [5.41, 5.74) is -1.46. The van der Waals surface area contributed by atoms with Crippen LogP contribution in [0.4, 0.5) is 23.4 Å². The Morgan fingerprint density at radius 2 is 1.82 bits per heavy atom. The van der Waals surface area contributed by atoms with Gasteiger partial charge in [0.05, 0.1) is 17.6 Å². The number of nitrogens with zero attached hydrogens (tertiary/aromatic N) is 5. The highest BCUT2D eigenvalue weighted by Crippen LogP contribution is 2.44. The van der Waals surface area contributed by atoms with Crippen LogP contribution in [0.3, 0.4) is 0 Å². The lowest BCUT2D eigenvalue weighted by molar-refractivity contribution is -0.0798. The molecular weight excluding hydrogens is 636 g/mol. The van der Waals surface area contributed by atoms with E-state index in [0.29, 0.717) is 50.2 Å². The minimum absolute atomic E-state index is 0.0242. The molecule has 0 aliphatic carbocycles. The number of hydrogen-bond donors (Lipinski definition) is 2. The number of nitrogens with one attached hydrogen (secondary N) is 1. The highest BCUT2D eigenvalue weighted by molar-refractivity contribution is 6.04. The molecule has 7 rings (SSSR count). The number of halogens is 4. The maximum Gasteiger partial charge on any atom is 0.319 e. The molecule has 8 nitrogen and oxygen atoms in total. The molecule has 12 heteroatoms. The minimum Gasteiger partial charge on any atom is -0.508 e. The Morgan fingerprint density at radius 3 is 2.49 bits per heavy atom. The van der Waals surface area contributed by atoms with Crippen molar-refractivity contribution < 1.29 is 27.4 Å². The number of piperazine rings is 1. The van der Waals surface area contributed by atoms with E-state index in [2.05, 4.69) is 27.1 Å². The predicted molar refractivity (Wildman–Crippen MR) is 180 cm³/mol. The number of ether oxygens (including phenoxy) is 1. The predicted octanol–water partition coefficient (Wildman–Crippen LogP) is 5.72. The van der Waals surface area contributed by atoms with Crippen LogP contribution >= 0.6 is 0 Å². The number of aromatic hydroxyl groups is 1. The third-order valence-electron chi connectivity index (χ3n) is 10.5. The second-order valence-electron chi connectivity index (χ2n) is 13.5. The lowest BCUT2D eigenvalue weighted by Crippen LogP contribution is -2.52. The first-order chi connectivity index (χ1) is 23.5. The Balaban J connectivity index is 1.43. The van der Waals surface area contributed by atoms with Crippen molar-refractivity contribution in [2.45, 2.75) is 51.1 Å². The number of aromatic nitrogens is 3. The van der Waals surface area contributed by atoms with Gasteiger partial charge in [-0.3, -0.25) is 0 Å². The quantitative estimate of drug-likeness (QED) is 0.191. The van der Waals surface area contributed by atoms with Crippen LogP contribution in [0, 0.1) is 47.7 Å². The van der Waals surface area contributed by atoms with Crippen molar-refractivity contribution in [2.75, 3.05) is 44.7 Å². The molecule has 3 aliphatic heterocycles. The van der Waals surface area contributed by atoms with Crippen LogP contribution in [0.1, 0.15) is 43.9 Å². The van der Waals surface area contributed by atoms with Crippen molar-refractivity contribution in [2.24, 2.45) is 11.3 Å². The lowest BCUT2D eigenvalue weighted by atomic mass is 9.69. The van der Waals surface area contributed by atoms with Gasteiger partial charge in [0.15, 0.2) is 5.82 Å². The molecule has 0 amide bonds. The van der Waals surface area contributed by atoms with E-state index in [0.717, 1.165) is 12.8 Å². The van der Waals surface area contributed by atoms with Crippen molar-refractivity contribution in [1.29, 1.82) is 0 Å². The number of hydrogen-bond acceptors (Lipinski definition) is 8. The molecule has 254 valence electrons. The summed E-state index contributed by atoms with van der Waals surface area (Å²) in [6.07, 6.45) is 11.8. The van der Waals surface area contributed by atoms with Crippen LogP contribution in [0.15, 0.2) is 24.3 Å². The van der Waals surface area contributed by atoms with Crippen LogP contribution in [-0.2, 0) is 0 Å². The zero-order chi connectivity index (χ0) is 34.6. The highest BCUT2D eigenvalue weighted by Gasteiger charge is 2.47. The normalized spacial score (nSPS) is 24.0. The minimum atomic E-state index is -2.54. The molecule has 3 aliphatic rings. The summed E-state index contributed by atoms with van der Waals surface area (Å²) < 4.78 is 67.0. The second-order valence-corrected chi connectivity index (χ2v) is 13.5. The van der Waals surface area contributed by atoms with Gasteiger partial charge in [-0.25, -0.2) is 22.5 Å². The molecule has 49 heavy (non-hydrogen) atoms. The number of benzene rings is 2. The van der Waals surface area contributed by atoms with Gasteiger partial charge in [0.25, 0.3) is 0 Å². The largest absolute Gasteiger partial charge is 0.508 e. The highest BCUT2D eigenvalue weighted by atomic mass is 19.3. The molecule has 2 N–H and O–H groups in total. The molecule has 2 bridgehead atoms. The fourth-order valence-corrected chi connectivity index (χ4v) is 8.06. The molecule has 0 radical (unpaired) electrons. The van der Waals surface area contributed by atoms with E-state index in [1.807, 2.05) is 23.8 Å². The number of rotatable bonds is 7. The van der Waals surface area contributed by atoms with Crippen molar-refractivity contribution in [1.82, 2.24) is 25.2 Å². The Labute approximate surface area is 281 Å². The molecule has 0 unspecified atom stereocenters. The van der Waals surface area contributed by atoms with Gasteiger partial charge >= 0.3 is 6.01 Å². The third kappa shape index (κ3) is 5.67. The number of phenolic OH excluding ortho intramolecular Hbond substituents is 1. The first-order valence-electron chi connectivity index (χ1n) is 16.5. The van der Waals surface area contributed by atoms with Crippen LogP contribution in [0.5, 0.6) is 11.8 Å². The van der Waals surface area contributed by atoms with Gasteiger partial charge < -0.3 is 25.0 Å². The number of fused-ring (bicyclic) bond motifs is 4. The van der Waals surface area contributed by atoms with Gasteiger partial charge in [-0.2, -0.15) is 9.97 Å². The van der Waals surface area contributed by atoms with E-state index in [9.17, 15) is 18.3 Å². The van der Waals surface area contributed by atoms with E-state index in [-0.39, 0.29) is 69.3 Å². The Bertz CT molecular complexity index is 2030. The van der Waals surface area contributed by atoms with Crippen molar-refractivity contribution in [3.8, 4) is 47.7 Å². The monoisotopic (exact) mass is 672 g/mol. The van der Waals surface area contributed by atoms with Crippen LogP contribution in [0.25, 0.3) is 32.9 Å². The zero-order valence-electron chi connectivity index (χ0n) is 27.2. The number of likely N-dealkylation sites (tertiary alicyclic amines) is 1. The lowest BCUT2D eigenvalue weighted by Gasteiger charge is -2.46. The topological polar surface area (TPSA) is 86.6 Å². The second kappa shape index (κ2) is 12.7. The summed E-state index contributed by atoms with van der Waals surface area (Å²) in [5, 5.41) is 14.9. The van der Waals surface area contributed by atoms with E-state index < -0.39 is 29.4 Å². The molecule has 4 atom stereocenters. The van der Waals surface area contributed by atoms with Gasteiger partial charge in [-0.15, -0.1) is 12.8 Å². The average Bonchev–Trinajstić information content (AvgIpc) is 3.43. The Morgan fingerprint density at radius 1 is 1.06 bits per heavy atom. The fourth-order valence-electron chi connectivity index (χ4n) is 8.06. The van der Waals surface area contributed by atoms with E-state index >= 15 is 4.39 Å². The molecule has 0 saturated carbocycles. The first-order valence-corrected chi connectivity index (χ1v) is 16.5. The summed E-state index contributed by atoms with van der Waals surface area (Å²) >= 11 is 0. The number of terminal acetylenes is 2. The summed E-state index contributed by atoms with van der Waals surface area (Å²) in [7, 11) is 1.89. The molecular formula is C37H36F4N6O2. The number of alkyl halides is 2. The van der Waals surface area contributed by atoms with Gasteiger partial charge in [-0.05, 0) is 68.8 Å². The number of pyridine rings is 1. The maximum atomic E-state index is 17.1. The number of anilines is 1. The summed E-state index contributed by atoms with van der Waals surface area (Å²) in [4.78, 5) is 17.8. The smallest absolute Gasteiger partial charge is 0.319 e. The van der Waals surface area contributed by atoms with Gasteiger partial charge in [-0.1, -0.05) is 18.9 Å². The molecule has 5 heterocycles. The van der Waals surface area contributed by atoms with Crippen LogP contribution < -0.4 is 15.0 Å². The number of piperidine rings is 1. The van der Waals surface area contributed by atoms with Crippen molar-refractivity contribution in [3.63, 3.8) is 0 Å². The van der Waals surface area contributed by atoms with E-state index in [1.165, 1.54) is 24.3 Å². The molecule has 2 aromatic carbocycles. The average molecular weight is 673 g/mol.